The van der Waals surface area contributed by atoms with Gasteiger partial charge in [0.1, 0.15) is 0 Å². The van der Waals surface area contributed by atoms with Crippen molar-refractivity contribution in [2.45, 2.75) is 38.5 Å². The highest BCUT2D eigenvalue weighted by atomic mass is 16.5. The van der Waals surface area contributed by atoms with Gasteiger partial charge in [-0.05, 0) is 31.3 Å². The van der Waals surface area contributed by atoms with Gasteiger partial charge in [-0.2, -0.15) is 0 Å². The highest BCUT2D eigenvalue weighted by Crippen LogP contribution is 2.47. The summed E-state index contributed by atoms with van der Waals surface area (Å²) in [4.78, 5) is 11.8. The molecule has 1 fully saturated rings. The van der Waals surface area contributed by atoms with Crippen LogP contribution in [0.2, 0.25) is 0 Å². The number of hydrogen-bond acceptors (Lipinski definition) is 2. The van der Waals surface area contributed by atoms with E-state index in [1.807, 2.05) is 6.08 Å². The molecule has 0 amide bonds. The highest BCUT2D eigenvalue weighted by molar-refractivity contribution is 5.82. The van der Waals surface area contributed by atoms with Gasteiger partial charge in [0.2, 0.25) is 0 Å². The van der Waals surface area contributed by atoms with Crippen molar-refractivity contribution >= 4 is 5.97 Å². The number of cyclic esters (lactones) is 1. The molecule has 1 saturated carbocycles. The molecular formula is C13H16O2. The molecule has 2 aliphatic rings. The fraction of sp³-hybridized carbons (Fsp3) is 0.615. The molecular weight excluding hydrogens is 188 g/mol. The van der Waals surface area contributed by atoms with E-state index in [0.717, 1.165) is 32.1 Å². The van der Waals surface area contributed by atoms with E-state index in [2.05, 4.69) is 5.92 Å². The van der Waals surface area contributed by atoms with E-state index in [1.54, 1.807) is 6.26 Å². The number of esters is 1. The van der Waals surface area contributed by atoms with Crippen LogP contribution >= 0.6 is 0 Å². The molecule has 80 valence electrons. The third-order valence-corrected chi connectivity index (χ3v) is 3.68. The normalized spacial score (nSPS) is 34.1. The highest BCUT2D eigenvalue weighted by Gasteiger charge is 2.48. The molecule has 1 spiro atoms. The Balaban J connectivity index is 2.15. The lowest BCUT2D eigenvalue weighted by Gasteiger charge is -2.36. The van der Waals surface area contributed by atoms with Crippen LogP contribution in [-0.2, 0) is 9.53 Å². The lowest BCUT2D eigenvalue weighted by atomic mass is 9.65. The van der Waals surface area contributed by atoms with Crippen molar-refractivity contribution in [3.05, 3.63) is 12.3 Å². The molecule has 2 nitrogen and oxygen atoms in total. The molecule has 0 unspecified atom stereocenters. The number of hydrogen-bond donors (Lipinski definition) is 0. The summed E-state index contributed by atoms with van der Waals surface area (Å²) in [7, 11) is 0. The average molecular weight is 204 g/mol. The number of carbonyl (C=O) groups is 1. The smallest absolute Gasteiger partial charge is 0.321 e. The van der Waals surface area contributed by atoms with Crippen LogP contribution < -0.4 is 0 Å². The SMILES string of the molecule is C#CCC[C@H]1CCCC[C@@]12C=COC2=O. The maximum Gasteiger partial charge on any atom is 0.321 e. The zero-order valence-corrected chi connectivity index (χ0v) is 8.87. The Kier molecular flexibility index (Phi) is 2.81. The predicted molar refractivity (Wildman–Crippen MR) is 57.7 cm³/mol. The van der Waals surface area contributed by atoms with Crippen molar-refractivity contribution in [3.8, 4) is 12.3 Å². The summed E-state index contributed by atoms with van der Waals surface area (Å²) in [5.41, 5.74) is -0.338. The van der Waals surface area contributed by atoms with Gasteiger partial charge in [-0.15, -0.1) is 12.3 Å². The fourth-order valence-corrected chi connectivity index (χ4v) is 2.81. The maximum atomic E-state index is 11.8. The molecule has 0 aromatic carbocycles. The Labute approximate surface area is 90.7 Å². The Bertz CT molecular complexity index is 324. The molecule has 0 radical (unpaired) electrons. The van der Waals surface area contributed by atoms with E-state index >= 15 is 0 Å². The van der Waals surface area contributed by atoms with Gasteiger partial charge < -0.3 is 4.74 Å². The molecule has 1 heterocycles. The predicted octanol–water partition coefficient (Wildman–Crippen LogP) is 2.65. The van der Waals surface area contributed by atoms with E-state index in [0.29, 0.717) is 5.92 Å². The number of ether oxygens (including phenoxy) is 1. The van der Waals surface area contributed by atoms with Crippen LogP contribution in [0.15, 0.2) is 12.3 Å². The Morgan fingerprint density at radius 2 is 2.47 bits per heavy atom. The Morgan fingerprint density at radius 1 is 1.60 bits per heavy atom. The maximum absolute atomic E-state index is 11.8. The largest absolute Gasteiger partial charge is 0.434 e. The van der Waals surface area contributed by atoms with E-state index in [4.69, 9.17) is 11.2 Å². The third-order valence-electron chi connectivity index (χ3n) is 3.68. The summed E-state index contributed by atoms with van der Waals surface area (Å²) >= 11 is 0. The molecule has 2 atom stereocenters. The second kappa shape index (κ2) is 4.10. The zero-order chi connectivity index (χ0) is 10.7. The summed E-state index contributed by atoms with van der Waals surface area (Å²) in [6.45, 7) is 0. The molecule has 0 aromatic heterocycles. The molecule has 0 bridgehead atoms. The van der Waals surface area contributed by atoms with E-state index in [9.17, 15) is 4.79 Å². The van der Waals surface area contributed by atoms with Crippen LogP contribution in [0.25, 0.3) is 0 Å². The number of terminal acetylenes is 1. The molecule has 0 aromatic rings. The second-order valence-corrected chi connectivity index (χ2v) is 4.43. The summed E-state index contributed by atoms with van der Waals surface area (Å²) < 4.78 is 4.99. The van der Waals surface area contributed by atoms with E-state index in [-0.39, 0.29) is 11.4 Å². The van der Waals surface area contributed by atoms with Crippen LogP contribution in [0.4, 0.5) is 0 Å². The minimum absolute atomic E-state index is 0.0655. The first-order valence-corrected chi connectivity index (χ1v) is 5.62. The van der Waals surface area contributed by atoms with Gasteiger partial charge >= 0.3 is 5.97 Å². The summed E-state index contributed by atoms with van der Waals surface area (Å²) in [5, 5.41) is 0. The van der Waals surface area contributed by atoms with Crippen LogP contribution in [0.1, 0.15) is 38.5 Å². The van der Waals surface area contributed by atoms with Crippen molar-refractivity contribution in [2.24, 2.45) is 11.3 Å². The topological polar surface area (TPSA) is 26.3 Å². The van der Waals surface area contributed by atoms with Crippen molar-refractivity contribution in [2.75, 3.05) is 0 Å². The molecule has 1 aliphatic heterocycles. The summed E-state index contributed by atoms with van der Waals surface area (Å²) in [6, 6.07) is 0. The minimum Gasteiger partial charge on any atom is -0.434 e. The van der Waals surface area contributed by atoms with Gasteiger partial charge in [0.05, 0.1) is 11.7 Å². The van der Waals surface area contributed by atoms with Crippen LogP contribution in [0.5, 0.6) is 0 Å². The van der Waals surface area contributed by atoms with Gasteiger partial charge in [0, 0.05) is 6.42 Å². The third kappa shape index (κ3) is 1.67. The van der Waals surface area contributed by atoms with Gasteiger partial charge in [-0.3, -0.25) is 4.79 Å². The fourth-order valence-electron chi connectivity index (χ4n) is 2.81. The molecule has 2 heteroatoms. The molecule has 1 aliphatic carbocycles. The van der Waals surface area contributed by atoms with Crippen molar-refractivity contribution in [1.29, 1.82) is 0 Å². The Morgan fingerprint density at radius 3 is 3.13 bits per heavy atom. The lowest BCUT2D eigenvalue weighted by molar-refractivity contribution is -0.148. The molecule has 15 heavy (non-hydrogen) atoms. The van der Waals surface area contributed by atoms with Gasteiger partial charge in [-0.25, -0.2) is 0 Å². The van der Waals surface area contributed by atoms with E-state index in [1.165, 1.54) is 6.42 Å². The number of carbonyl (C=O) groups excluding carboxylic acids is 1. The van der Waals surface area contributed by atoms with Gasteiger partial charge in [-0.1, -0.05) is 12.8 Å². The van der Waals surface area contributed by atoms with Crippen molar-refractivity contribution < 1.29 is 9.53 Å². The first-order valence-electron chi connectivity index (χ1n) is 5.62. The van der Waals surface area contributed by atoms with Gasteiger partial charge in [0.25, 0.3) is 0 Å². The molecule has 0 N–H and O–H groups in total. The summed E-state index contributed by atoms with van der Waals surface area (Å²) in [6.07, 6.45) is 14.8. The quantitative estimate of drug-likeness (QED) is 0.510. The first-order chi connectivity index (χ1) is 7.29. The van der Waals surface area contributed by atoms with Gasteiger partial charge in [0.15, 0.2) is 0 Å². The first kappa shape index (κ1) is 10.3. The Hall–Kier alpha value is -1.23. The van der Waals surface area contributed by atoms with Crippen molar-refractivity contribution in [1.82, 2.24) is 0 Å². The monoisotopic (exact) mass is 204 g/mol. The summed E-state index contributed by atoms with van der Waals surface area (Å²) in [5.74, 6) is 2.98. The van der Waals surface area contributed by atoms with Crippen molar-refractivity contribution in [3.63, 3.8) is 0 Å². The van der Waals surface area contributed by atoms with Crippen LogP contribution in [0, 0.1) is 23.7 Å². The lowest BCUT2D eigenvalue weighted by Crippen LogP contribution is -2.37. The molecule has 0 saturated heterocycles. The standard InChI is InChI=1S/C13H16O2/c1-2-3-6-11-7-4-5-8-13(11)9-10-15-12(13)14/h1,9-11H,3-8H2/t11-,13+/m0/s1. The minimum atomic E-state index is -0.338. The second-order valence-electron chi connectivity index (χ2n) is 4.43. The van der Waals surface area contributed by atoms with E-state index < -0.39 is 0 Å². The number of rotatable bonds is 2. The zero-order valence-electron chi connectivity index (χ0n) is 8.87. The van der Waals surface area contributed by atoms with Crippen LogP contribution in [0.3, 0.4) is 0 Å². The molecule has 2 rings (SSSR count). The van der Waals surface area contributed by atoms with Crippen LogP contribution in [-0.4, -0.2) is 5.97 Å². The average Bonchev–Trinajstić information content (AvgIpc) is 2.60.